The van der Waals surface area contributed by atoms with Crippen LogP contribution in [0.15, 0.2) is 46.7 Å². The lowest BCUT2D eigenvalue weighted by Gasteiger charge is -2.30. The fraction of sp³-hybridized carbons (Fsp3) is 0.316. The third-order valence-corrected chi connectivity index (χ3v) is 7.36. The molecule has 0 atom stereocenters. The van der Waals surface area contributed by atoms with Crippen molar-refractivity contribution in [1.82, 2.24) is 9.62 Å². The molecule has 2 aromatic rings. The van der Waals surface area contributed by atoms with Crippen molar-refractivity contribution in [2.45, 2.75) is 17.7 Å². The molecular weight excluding hydrogens is 435 g/mol. The molecule has 1 saturated heterocycles. The van der Waals surface area contributed by atoms with Crippen LogP contribution in [0.1, 0.15) is 22.5 Å². The van der Waals surface area contributed by atoms with Crippen LogP contribution in [-0.2, 0) is 24.3 Å². The third kappa shape index (κ3) is 5.29. The zero-order valence-electron chi connectivity index (χ0n) is 15.7. The molecule has 0 bridgehead atoms. The quantitative estimate of drug-likeness (QED) is 0.667. The van der Waals surface area contributed by atoms with Gasteiger partial charge in [0.15, 0.2) is 6.61 Å². The Bertz CT molecular complexity index is 1010. The average molecular weight is 455 g/mol. The number of imide groups is 1. The Morgan fingerprint density at radius 2 is 1.80 bits per heavy atom. The number of ether oxygens (including phenoxy) is 1. The first-order valence-corrected chi connectivity index (χ1v) is 11.4. The minimum absolute atomic E-state index is 0.0167. The summed E-state index contributed by atoms with van der Waals surface area (Å²) < 4.78 is 44.4. The maximum atomic E-state index is 13.0. The van der Waals surface area contributed by atoms with E-state index in [4.69, 9.17) is 4.74 Å². The van der Waals surface area contributed by atoms with E-state index in [0.717, 1.165) is 12.1 Å². The maximum Gasteiger partial charge on any atom is 0.309 e. The summed E-state index contributed by atoms with van der Waals surface area (Å²) in [7, 11) is -3.77. The number of amides is 2. The Hall–Kier alpha value is -2.63. The van der Waals surface area contributed by atoms with E-state index >= 15 is 0 Å². The van der Waals surface area contributed by atoms with Gasteiger partial charge in [-0.3, -0.25) is 19.7 Å². The first-order chi connectivity index (χ1) is 14.3. The summed E-state index contributed by atoms with van der Waals surface area (Å²) in [4.78, 5) is 36.1. The largest absolute Gasteiger partial charge is 0.455 e. The second-order valence-corrected chi connectivity index (χ2v) is 9.48. The highest BCUT2D eigenvalue weighted by Gasteiger charge is 2.33. The second kappa shape index (κ2) is 9.45. The van der Waals surface area contributed by atoms with Crippen LogP contribution in [-0.4, -0.2) is 50.2 Å². The fourth-order valence-electron chi connectivity index (χ4n) is 2.97. The van der Waals surface area contributed by atoms with E-state index in [-0.39, 0.29) is 30.8 Å². The molecule has 1 aliphatic rings. The average Bonchev–Trinajstić information content (AvgIpc) is 3.27. The van der Waals surface area contributed by atoms with Gasteiger partial charge in [0.1, 0.15) is 5.82 Å². The van der Waals surface area contributed by atoms with Crippen LogP contribution in [0.4, 0.5) is 4.39 Å². The molecule has 1 N–H and O–H groups in total. The van der Waals surface area contributed by atoms with Crippen LogP contribution in [0.3, 0.4) is 0 Å². The molecule has 1 aromatic heterocycles. The molecule has 0 spiro atoms. The number of nitrogens with one attached hydrogen (secondary N) is 1. The number of piperidine rings is 1. The predicted molar refractivity (Wildman–Crippen MR) is 106 cm³/mol. The number of hydrogen-bond acceptors (Lipinski definition) is 7. The minimum Gasteiger partial charge on any atom is -0.455 e. The summed E-state index contributed by atoms with van der Waals surface area (Å²) >= 11 is 1.18. The molecule has 1 aliphatic heterocycles. The molecular formula is C19H19FN2O6S2. The number of thiophene rings is 1. The Morgan fingerprint density at radius 3 is 2.40 bits per heavy atom. The smallest absolute Gasteiger partial charge is 0.309 e. The molecule has 2 heterocycles. The Kier molecular flexibility index (Phi) is 6.95. The van der Waals surface area contributed by atoms with Gasteiger partial charge in [-0.1, -0.05) is 6.07 Å². The number of sulfonamides is 1. The molecule has 160 valence electrons. The summed E-state index contributed by atoms with van der Waals surface area (Å²) in [6, 6.07) is 7.78. The van der Waals surface area contributed by atoms with E-state index in [2.05, 4.69) is 5.32 Å². The normalized spacial score (nSPS) is 15.5. The summed E-state index contributed by atoms with van der Waals surface area (Å²) in [6.07, 6.45) is 0.462. The zero-order valence-corrected chi connectivity index (χ0v) is 17.4. The summed E-state index contributed by atoms with van der Waals surface area (Å²) in [6.45, 7) is -0.394. The van der Waals surface area contributed by atoms with Crippen LogP contribution in [0.5, 0.6) is 0 Å². The van der Waals surface area contributed by atoms with Gasteiger partial charge in [0.2, 0.25) is 10.0 Å². The first-order valence-electron chi connectivity index (χ1n) is 9.07. The van der Waals surface area contributed by atoms with Crippen LogP contribution < -0.4 is 5.32 Å². The van der Waals surface area contributed by atoms with Crippen LogP contribution in [0.2, 0.25) is 0 Å². The number of hydrogen-bond donors (Lipinski definition) is 1. The molecule has 0 saturated carbocycles. The highest BCUT2D eigenvalue weighted by molar-refractivity contribution is 7.89. The van der Waals surface area contributed by atoms with E-state index in [9.17, 15) is 27.2 Å². The van der Waals surface area contributed by atoms with Crippen LogP contribution >= 0.6 is 11.3 Å². The Labute approximate surface area is 176 Å². The molecule has 1 aromatic carbocycles. The van der Waals surface area contributed by atoms with Crippen molar-refractivity contribution in [1.29, 1.82) is 0 Å². The second-order valence-electron chi connectivity index (χ2n) is 6.59. The molecule has 11 heteroatoms. The maximum absolute atomic E-state index is 13.0. The van der Waals surface area contributed by atoms with Crippen molar-refractivity contribution in [3.8, 4) is 0 Å². The Morgan fingerprint density at radius 1 is 1.13 bits per heavy atom. The lowest BCUT2D eigenvalue weighted by atomic mass is 9.98. The third-order valence-electron chi connectivity index (χ3n) is 4.58. The minimum atomic E-state index is -3.77. The van der Waals surface area contributed by atoms with E-state index < -0.39 is 46.1 Å². The van der Waals surface area contributed by atoms with Gasteiger partial charge in [0.25, 0.3) is 11.8 Å². The number of carbonyl (C=O) groups excluding carboxylic acids is 3. The number of halogens is 1. The lowest BCUT2D eigenvalue weighted by Crippen LogP contribution is -2.41. The van der Waals surface area contributed by atoms with Gasteiger partial charge in [-0.05, 0) is 48.6 Å². The van der Waals surface area contributed by atoms with Crippen molar-refractivity contribution in [3.05, 3.63) is 52.5 Å². The molecule has 0 unspecified atom stereocenters. The lowest BCUT2D eigenvalue weighted by molar-refractivity contribution is -0.153. The van der Waals surface area contributed by atoms with Crippen LogP contribution in [0.25, 0.3) is 0 Å². The van der Waals surface area contributed by atoms with E-state index in [1.54, 1.807) is 17.5 Å². The molecule has 3 rings (SSSR count). The van der Waals surface area contributed by atoms with Gasteiger partial charge >= 0.3 is 5.97 Å². The van der Waals surface area contributed by atoms with Crippen molar-refractivity contribution >= 4 is 39.1 Å². The number of rotatable bonds is 6. The molecule has 1 fully saturated rings. The van der Waals surface area contributed by atoms with Crippen LogP contribution in [0, 0.1) is 11.7 Å². The topological polar surface area (TPSA) is 110 Å². The van der Waals surface area contributed by atoms with Gasteiger partial charge < -0.3 is 4.74 Å². The number of nitrogens with zero attached hydrogens (tertiary/aromatic N) is 1. The molecule has 8 nitrogen and oxygen atoms in total. The number of esters is 1. The van der Waals surface area contributed by atoms with Crippen molar-refractivity contribution < 1.29 is 31.9 Å². The molecule has 0 radical (unpaired) electrons. The van der Waals surface area contributed by atoms with Crippen molar-refractivity contribution in [2.75, 3.05) is 19.7 Å². The fourth-order valence-corrected chi connectivity index (χ4v) is 5.06. The first kappa shape index (κ1) is 22.1. The van der Waals surface area contributed by atoms with Crippen molar-refractivity contribution in [2.24, 2.45) is 5.92 Å². The van der Waals surface area contributed by atoms with E-state index in [0.29, 0.717) is 4.88 Å². The summed E-state index contributed by atoms with van der Waals surface area (Å²) in [5, 5.41) is 3.83. The molecule has 0 aliphatic carbocycles. The van der Waals surface area contributed by atoms with Crippen molar-refractivity contribution in [3.63, 3.8) is 0 Å². The number of carbonyl (C=O) groups is 3. The highest BCUT2D eigenvalue weighted by atomic mass is 32.2. The monoisotopic (exact) mass is 454 g/mol. The van der Waals surface area contributed by atoms with Gasteiger partial charge in [0.05, 0.1) is 15.7 Å². The van der Waals surface area contributed by atoms with E-state index in [1.165, 1.54) is 27.8 Å². The summed E-state index contributed by atoms with van der Waals surface area (Å²) in [5.41, 5.74) is 0. The van der Waals surface area contributed by atoms with Gasteiger partial charge in [0, 0.05) is 13.1 Å². The standard InChI is InChI=1S/C19H19FN2O6S2/c20-14-3-5-15(6-4-14)30(26,27)22-9-7-13(8-10-22)19(25)28-12-17(23)21-18(24)16-2-1-11-29-16/h1-6,11,13H,7-10,12H2,(H,21,23,24). The highest BCUT2D eigenvalue weighted by Crippen LogP contribution is 2.24. The van der Waals surface area contributed by atoms with Gasteiger partial charge in [-0.2, -0.15) is 4.31 Å². The summed E-state index contributed by atoms with van der Waals surface area (Å²) in [5.74, 6) is -3.00. The predicted octanol–water partition coefficient (Wildman–Crippen LogP) is 1.79. The molecule has 30 heavy (non-hydrogen) atoms. The molecule has 2 amide bonds. The SMILES string of the molecule is O=C(COC(=O)C1CCN(S(=O)(=O)c2ccc(F)cc2)CC1)NC(=O)c1cccs1. The zero-order chi connectivity index (χ0) is 21.7. The van der Waals surface area contributed by atoms with E-state index in [1.807, 2.05) is 0 Å². The van der Waals surface area contributed by atoms with Gasteiger partial charge in [-0.15, -0.1) is 11.3 Å². The van der Waals surface area contributed by atoms with Gasteiger partial charge in [-0.25, -0.2) is 12.8 Å². The number of benzene rings is 1. The Balaban J connectivity index is 1.46.